The summed E-state index contributed by atoms with van der Waals surface area (Å²) in [6, 6.07) is 0. The first-order valence-corrected chi connectivity index (χ1v) is 8.45. The molecule has 0 radical (unpaired) electrons. The molecule has 106 valence electrons. The van der Waals surface area contributed by atoms with Crippen molar-refractivity contribution < 1.29 is 4.79 Å². The maximum absolute atomic E-state index is 12.5. The second kappa shape index (κ2) is 5.61. The van der Waals surface area contributed by atoms with Gasteiger partial charge in [0, 0.05) is 31.1 Å². The third kappa shape index (κ3) is 2.76. The maximum atomic E-state index is 12.5. The van der Waals surface area contributed by atoms with Gasteiger partial charge in [-0.25, -0.2) is 9.97 Å². The van der Waals surface area contributed by atoms with Gasteiger partial charge in [-0.2, -0.15) is 0 Å². The zero-order valence-electron chi connectivity index (χ0n) is 11.6. The second-order valence-corrected chi connectivity index (χ2v) is 7.37. The molecule has 0 saturated carbocycles. The van der Waals surface area contributed by atoms with Crippen LogP contribution in [-0.4, -0.2) is 33.9 Å². The van der Waals surface area contributed by atoms with Crippen LogP contribution in [0.25, 0.3) is 0 Å². The number of nitrogens with zero attached hydrogens (tertiary/aromatic N) is 3. The van der Waals surface area contributed by atoms with Gasteiger partial charge >= 0.3 is 0 Å². The zero-order valence-corrected chi connectivity index (χ0v) is 13.3. The molecule has 2 aromatic rings. The van der Waals surface area contributed by atoms with Crippen molar-refractivity contribution in [3.63, 3.8) is 0 Å². The summed E-state index contributed by atoms with van der Waals surface area (Å²) in [4.78, 5) is 24.0. The lowest BCUT2D eigenvalue weighted by Crippen LogP contribution is -2.28. The van der Waals surface area contributed by atoms with Crippen LogP contribution in [0.1, 0.15) is 31.8 Å². The summed E-state index contributed by atoms with van der Waals surface area (Å²) in [5.41, 5.74) is 0.862. The van der Waals surface area contributed by atoms with E-state index in [1.165, 1.54) is 16.3 Å². The van der Waals surface area contributed by atoms with Gasteiger partial charge in [0.05, 0.1) is 15.7 Å². The zero-order chi connectivity index (χ0) is 14.1. The van der Waals surface area contributed by atoms with Crippen molar-refractivity contribution in [2.75, 3.05) is 13.1 Å². The van der Waals surface area contributed by atoms with E-state index in [0.29, 0.717) is 5.92 Å². The molecule has 0 spiro atoms. The van der Waals surface area contributed by atoms with Gasteiger partial charge in [-0.1, -0.05) is 0 Å². The van der Waals surface area contributed by atoms with Crippen molar-refractivity contribution in [1.82, 2.24) is 14.9 Å². The molecule has 3 heterocycles. The van der Waals surface area contributed by atoms with Gasteiger partial charge in [0.15, 0.2) is 0 Å². The van der Waals surface area contributed by atoms with Crippen molar-refractivity contribution in [2.24, 2.45) is 5.92 Å². The number of aromatic nitrogens is 2. The third-order valence-corrected chi connectivity index (χ3v) is 5.48. The molecule has 1 aliphatic heterocycles. The number of amides is 1. The molecule has 1 aliphatic rings. The quantitative estimate of drug-likeness (QED) is 0.876. The van der Waals surface area contributed by atoms with E-state index in [9.17, 15) is 4.79 Å². The lowest BCUT2D eigenvalue weighted by atomic mass is 10.1. The van der Waals surface area contributed by atoms with Crippen molar-refractivity contribution in [2.45, 2.75) is 26.7 Å². The first-order valence-electron chi connectivity index (χ1n) is 6.75. The van der Waals surface area contributed by atoms with Crippen molar-refractivity contribution in [1.29, 1.82) is 0 Å². The van der Waals surface area contributed by atoms with Crippen LogP contribution < -0.4 is 0 Å². The molecule has 20 heavy (non-hydrogen) atoms. The number of hydrogen-bond donors (Lipinski definition) is 0. The first-order chi connectivity index (χ1) is 9.63. The first kappa shape index (κ1) is 13.7. The van der Waals surface area contributed by atoms with Gasteiger partial charge in [-0.3, -0.25) is 4.79 Å². The smallest absolute Gasteiger partial charge is 0.265 e. The van der Waals surface area contributed by atoms with Gasteiger partial charge in [0.25, 0.3) is 5.91 Å². The Bertz CT molecular complexity index is 606. The molecule has 6 heteroatoms. The van der Waals surface area contributed by atoms with E-state index >= 15 is 0 Å². The highest BCUT2D eigenvalue weighted by atomic mass is 32.1. The van der Waals surface area contributed by atoms with Crippen LogP contribution >= 0.6 is 22.7 Å². The van der Waals surface area contributed by atoms with Crippen molar-refractivity contribution >= 4 is 28.6 Å². The number of likely N-dealkylation sites (tertiary alicyclic amines) is 1. The lowest BCUT2D eigenvalue weighted by Gasteiger charge is -2.15. The van der Waals surface area contributed by atoms with E-state index < -0.39 is 0 Å². The molecule has 0 aromatic carbocycles. The number of carbonyl (C=O) groups is 1. The van der Waals surface area contributed by atoms with Gasteiger partial charge in [0.2, 0.25) is 0 Å². The third-order valence-electron chi connectivity index (χ3n) is 3.62. The predicted octanol–water partition coefficient (Wildman–Crippen LogP) is 2.92. The van der Waals surface area contributed by atoms with Crippen LogP contribution in [0.4, 0.5) is 0 Å². The van der Waals surface area contributed by atoms with Crippen LogP contribution in [0.2, 0.25) is 0 Å². The number of hydrogen-bond acceptors (Lipinski definition) is 5. The minimum atomic E-state index is 0.148. The monoisotopic (exact) mass is 307 g/mol. The number of rotatable bonds is 3. The molecule has 1 saturated heterocycles. The molecule has 2 aromatic heterocycles. The molecular formula is C14H17N3OS2. The lowest BCUT2D eigenvalue weighted by molar-refractivity contribution is 0.0791. The van der Waals surface area contributed by atoms with Crippen LogP contribution in [0, 0.1) is 19.8 Å². The van der Waals surface area contributed by atoms with E-state index in [1.54, 1.807) is 11.3 Å². The Morgan fingerprint density at radius 1 is 1.50 bits per heavy atom. The van der Waals surface area contributed by atoms with E-state index in [4.69, 9.17) is 0 Å². The minimum Gasteiger partial charge on any atom is -0.338 e. The van der Waals surface area contributed by atoms with Gasteiger partial charge in [-0.05, 0) is 26.2 Å². The highest BCUT2D eigenvalue weighted by molar-refractivity contribution is 7.13. The Kier molecular flexibility index (Phi) is 3.85. The molecule has 3 rings (SSSR count). The van der Waals surface area contributed by atoms with E-state index in [2.05, 4.69) is 9.97 Å². The summed E-state index contributed by atoms with van der Waals surface area (Å²) in [7, 11) is 0. The fourth-order valence-corrected chi connectivity index (χ4v) is 4.28. The molecule has 0 bridgehead atoms. The number of thiazole rings is 2. The average Bonchev–Trinajstić information content (AvgIpc) is 3.11. The fourth-order valence-electron chi connectivity index (χ4n) is 2.66. The van der Waals surface area contributed by atoms with Gasteiger partial charge in [-0.15, -0.1) is 22.7 Å². The van der Waals surface area contributed by atoms with Crippen LogP contribution in [0.3, 0.4) is 0 Å². The van der Waals surface area contributed by atoms with Crippen LogP contribution in [-0.2, 0) is 6.42 Å². The van der Waals surface area contributed by atoms with Crippen LogP contribution in [0.5, 0.6) is 0 Å². The summed E-state index contributed by atoms with van der Waals surface area (Å²) in [6.07, 6.45) is 3.91. The Morgan fingerprint density at radius 2 is 2.35 bits per heavy atom. The Balaban J connectivity index is 1.65. The highest BCUT2D eigenvalue weighted by Gasteiger charge is 2.29. The molecule has 0 N–H and O–H groups in total. The fraction of sp³-hybridized carbons (Fsp3) is 0.500. The second-order valence-electron chi connectivity index (χ2n) is 5.18. The molecule has 4 nitrogen and oxygen atoms in total. The largest absolute Gasteiger partial charge is 0.338 e. The maximum Gasteiger partial charge on any atom is 0.265 e. The number of aryl methyl sites for hydroxylation is 2. The molecule has 1 unspecified atom stereocenters. The van der Waals surface area contributed by atoms with Crippen molar-refractivity contribution in [3.8, 4) is 0 Å². The van der Waals surface area contributed by atoms with E-state index in [1.807, 2.05) is 30.3 Å². The molecule has 1 amide bonds. The topological polar surface area (TPSA) is 46.1 Å². The summed E-state index contributed by atoms with van der Waals surface area (Å²) in [5, 5.41) is 4.15. The molecule has 1 atom stereocenters. The molecular weight excluding hydrogens is 290 g/mol. The standard InChI is InChI=1S/C14H17N3OS2/c1-9-13(20-10(2)16-9)14(18)17-5-3-11(8-17)7-12-15-4-6-19-12/h4,6,11H,3,5,7-8H2,1-2H3. The van der Waals surface area contributed by atoms with Gasteiger partial charge in [0.1, 0.15) is 4.88 Å². The average molecular weight is 307 g/mol. The van der Waals surface area contributed by atoms with Crippen LogP contribution in [0.15, 0.2) is 11.6 Å². The number of carbonyl (C=O) groups excluding carboxylic acids is 1. The highest BCUT2D eigenvalue weighted by Crippen LogP contribution is 2.26. The predicted molar refractivity (Wildman–Crippen MR) is 81.4 cm³/mol. The minimum absolute atomic E-state index is 0.148. The van der Waals surface area contributed by atoms with E-state index in [0.717, 1.165) is 41.5 Å². The van der Waals surface area contributed by atoms with E-state index in [-0.39, 0.29) is 5.91 Å². The summed E-state index contributed by atoms with van der Waals surface area (Å²) in [6.45, 7) is 5.56. The molecule has 1 fully saturated rings. The SMILES string of the molecule is Cc1nc(C)c(C(=O)N2CCC(Cc3nccs3)C2)s1. The molecule has 0 aliphatic carbocycles. The normalized spacial score (nSPS) is 18.7. The summed E-state index contributed by atoms with van der Waals surface area (Å²) in [5.74, 6) is 0.689. The summed E-state index contributed by atoms with van der Waals surface area (Å²) >= 11 is 3.20. The summed E-state index contributed by atoms with van der Waals surface area (Å²) < 4.78 is 0. The van der Waals surface area contributed by atoms with Crippen molar-refractivity contribution in [3.05, 3.63) is 32.2 Å². The van der Waals surface area contributed by atoms with Gasteiger partial charge < -0.3 is 4.90 Å². The Morgan fingerprint density at radius 3 is 3.00 bits per heavy atom. The Hall–Kier alpha value is -1.27. The Labute approximate surface area is 126 Å².